The van der Waals surface area contributed by atoms with Crippen LogP contribution in [0.3, 0.4) is 0 Å². The third-order valence-corrected chi connectivity index (χ3v) is 2.66. The summed E-state index contributed by atoms with van der Waals surface area (Å²) in [6.07, 6.45) is 6.80. The average molecular weight is 252 g/mol. The largest absolute Gasteiger partial charge is 0.368 e. The molecule has 6 heteroatoms. The van der Waals surface area contributed by atoms with Gasteiger partial charge in [0.05, 0.1) is 6.33 Å². The maximum atomic E-state index is 11.6. The number of carbonyl (C=O) groups is 2. The zero-order chi connectivity index (χ0) is 13.4. The Kier molecular flexibility index (Phi) is 5.90. The topological polar surface area (TPSA) is 101 Å². The SMILES string of the molecule is CCCCCC(=O)N[C@@H](Cc1cnc[nH]1)C(N)=O. The summed E-state index contributed by atoms with van der Waals surface area (Å²) in [5.74, 6) is -0.666. The Morgan fingerprint density at radius 1 is 1.50 bits per heavy atom. The molecule has 0 spiro atoms. The fourth-order valence-electron chi connectivity index (χ4n) is 1.64. The third-order valence-electron chi connectivity index (χ3n) is 2.66. The maximum absolute atomic E-state index is 11.6. The molecule has 1 aromatic heterocycles. The minimum Gasteiger partial charge on any atom is -0.368 e. The van der Waals surface area contributed by atoms with Crippen LogP contribution in [-0.2, 0) is 16.0 Å². The second-order valence-electron chi connectivity index (χ2n) is 4.26. The van der Waals surface area contributed by atoms with Gasteiger partial charge < -0.3 is 16.0 Å². The first kappa shape index (κ1) is 14.2. The fraction of sp³-hybridized carbons (Fsp3) is 0.583. The van der Waals surface area contributed by atoms with E-state index >= 15 is 0 Å². The van der Waals surface area contributed by atoms with Crippen LogP contribution in [0, 0.1) is 0 Å². The molecule has 0 aliphatic carbocycles. The smallest absolute Gasteiger partial charge is 0.240 e. The number of primary amides is 1. The van der Waals surface area contributed by atoms with E-state index in [1.807, 2.05) is 0 Å². The Morgan fingerprint density at radius 2 is 2.28 bits per heavy atom. The minimum absolute atomic E-state index is 0.133. The van der Waals surface area contributed by atoms with Gasteiger partial charge in [-0.05, 0) is 6.42 Å². The molecule has 0 saturated heterocycles. The molecule has 0 aromatic carbocycles. The molecule has 0 fully saturated rings. The van der Waals surface area contributed by atoms with Crippen LogP contribution in [0.5, 0.6) is 0 Å². The van der Waals surface area contributed by atoms with Crippen LogP contribution in [-0.4, -0.2) is 27.8 Å². The molecule has 1 aromatic rings. The molecule has 0 aliphatic rings. The lowest BCUT2D eigenvalue weighted by molar-refractivity contribution is -0.127. The number of nitrogens with one attached hydrogen (secondary N) is 2. The second kappa shape index (κ2) is 7.47. The highest BCUT2D eigenvalue weighted by Crippen LogP contribution is 2.01. The van der Waals surface area contributed by atoms with E-state index < -0.39 is 11.9 Å². The fourth-order valence-corrected chi connectivity index (χ4v) is 1.64. The summed E-state index contributed by atoms with van der Waals surface area (Å²) in [5.41, 5.74) is 6.04. The highest BCUT2D eigenvalue weighted by Gasteiger charge is 2.18. The first-order chi connectivity index (χ1) is 8.63. The number of aromatic nitrogens is 2. The molecular formula is C12H20N4O2. The van der Waals surface area contributed by atoms with Crippen molar-refractivity contribution in [1.29, 1.82) is 0 Å². The normalized spacial score (nSPS) is 12.1. The van der Waals surface area contributed by atoms with Gasteiger partial charge >= 0.3 is 0 Å². The van der Waals surface area contributed by atoms with Gasteiger partial charge in [0.2, 0.25) is 11.8 Å². The maximum Gasteiger partial charge on any atom is 0.240 e. The van der Waals surface area contributed by atoms with Crippen molar-refractivity contribution in [2.45, 2.75) is 45.1 Å². The minimum atomic E-state index is -0.681. The Labute approximate surface area is 106 Å². The summed E-state index contributed by atoms with van der Waals surface area (Å²) in [6, 6.07) is -0.681. The zero-order valence-corrected chi connectivity index (χ0v) is 10.6. The van der Waals surface area contributed by atoms with Crippen LogP contribution in [0.4, 0.5) is 0 Å². The Bertz CT molecular complexity index is 375. The lowest BCUT2D eigenvalue weighted by atomic mass is 10.1. The number of H-pyrrole nitrogens is 1. The third kappa shape index (κ3) is 4.99. The van der Waals surface area contributed by atoms with E-state index in [-0.39, 0.29) is 5.91 Å². The van der Waals surface area contributed by atoms with Gasteiger partial charge in [0.25, 0.3) is 0 Å². The number of rotatable bonds is 8. The summed E-state index contributed by atoms with van der Waals surface area (Å²) in [7, 11) is 0. The first-order valence-corrected chi connectivity index (χ1v) is 6.19. The summed E-state index contributed by atoms with van der Waals surface area (Å²) in [5, 5.41) is 2.65. The van der Waals surface area contributed by atoms with E-state index in [0.29, 0.717) is 12.8 Å². The predicted octanol–water partition coefficient (Wildman–Crippen LogP) is 0.503. The Morgan fingerprint density at radius 3 is 2.83 bits per heavy atom. The van der Waals surface area contributed by atoms with Crippen molar-refractivity contribution in [3.8, 4) is 0 Å². The number of carbonyl (C=O) groups excluding carboxylic acids is 2. The molecule has 0 aliphatic heterocycles. The molecule has 2 amide bonds. The van der Waals surface area contributed by atoms with E-state index in [4.69, 9.17) is 5.73 Å². The molecule has 0 unspecified atom stereocenters. The van der Waals surface area contributed by atoms with Gasteiger partial charge in [0.1, 0.15) is 6.04 Å². The van der Waals surface area contributed by atoms with Crippen LogP contribution in [0.25, 0.3) is 0 Å². The molecule has 0 bridgehead atoms. The van der Waals surface area contributed by atoms with Gasteiger partial charge in [-0.3, -0.25) is 9.59 Å². The molecule has 18 heavy (non-hydrogen) atoms. The Balaban J connectivity index is 2.42. The van der Waals surface area contributed by atoms with Gasteiger partial charge in [0.15, 0.2) is 0 Å². The summed E-state index contributed by atoms with van der Waals surface area (Å²) >= 11 is 0. The first-order valence-electron chi connectivity index (χ1n) is 6.19. The Hall–Kier alpha value is -1.85. The molecule has 6 nitrogen and oxygen atoms in total. The van der Waals surface area contributed by atoms with Crippen molar-refractivity contribution in [2.24, 2.45) is 5.73 Å². The number of hydrogen-bond acceptors (Lipinski definition) is 3. The number of nitrogens with two attached hydrogens (primary N) is 1. The monoisotopic (exact) mass is 252 g/mol. The van der Waals surface area contributed by atoms with Crippen LogP contribution in [0.2, 0.25) is 0 Å². The molecule has 4 N–H and O–H groups in total. The highest BCUT2D eigenvalue weighted by atomic mass is 16.2. The van der Waals surface area contributed by atoms with E-state index in [0.717, 1.165) is 25.0 Å². The number of aromatic amines is 1. The number of unbranched alkanes of at least 4 members (excludes halogenated alkanes) is 2. The molecule has 1 heterocycles. The number of hydrogen-bond donors (Lipinski definition) is 3. The van der Waals surface area contributed by atoms with Gasteiger partial charge in [-0.2, -0.15) is 0 Å². The zero-order valence-electron chi connectivity index (χ0n) is 10.6. The van der Waals surface area contributed by atoms with E-state index in [1.165, 1.54) is 6.33 Å². The number of amides is 2. The van der Waals surface area contributed by atoms with Gasteiger partial charge in [-0.25, -0.2) is 4.98 Å². The lowest BCUT2D eigenvalue weighted by Crippen LogP contribution is -2.45. The molecule has 1 rings (SSSR count). The van der Waals surface area contributed by atoms with Crippen molar-refractivity contribution >= 4 is 11.8 Å². The van der Waals surface area contributed by atoms with Crippen LogP contribution in [0.15, 0.2) is 12.5 Å². The predicted molar refractivity (Wildman–Crippen MR) is 67.6 cm³/mol. The van der Waals surface area contributed by atoms with Crippen molar-refractivity contribution in [3.05, 3.63) is 18.2 Å². The standard InChI is InChI=1S/C12H20N4O2/c1-2-3-4-5-11(17)16-10(12(13)18)6-9-7-14-8-15-9/h7-8,10H,2-6H2,1H3,(H2,13,18)(H,14,15)(H,16,17)/t10-/m0/s1. The lowest BCUT2D eigenvalue weighted by Gasteiger charge is -2.14. The molecule has 100 valence electrons. The molecule has 0 saturated carbocycles. The summed E-state index contributed by atoms with van der Waals surface area (Å²) < 4.78 is 0. The highest BCUT2D eigenvalue weighted by molar-refractivity contribution is 5.86. The molecule has 1 atom stereocenters. The summed E-state index contributed by atoms with van der Waals surface area (Å²) in [6.45, 7) is 2.07. The van der Waals surface area contributed by atoms with Gasteiger partial charge in [-0.1, -0.05) is 19.8 Å². The number of nitrogens with zero attached hydrogens (tertiary/aromatic N) is 1. The molecule has 0 radical (unpaired) electrons. The summed E-state index contributed by atoms with van der Waals surface area (Å²) in [4.78, 5) is 29.6. The quantitative estimate of drug-likeness (QED) is 0.587. The van der Waals surface area contributed by atoms with Crippen LogP contribution >= 0.6 is 0 Å². The van der Waals surface area contributed by atoms with Crippen LogP contribution in [0.1, 0.15) is 38.3 Å². The number of imidazole rings is 1. The van der Waals surface area contributed by atoms with Crippen molar-refractivity contribution in [2.75, 3.05) is 0 Å². The van der Waals surface area contributed by atoms with Gasteiger partial charge in [-0.15, -0.1) is 0 Å². The van der Waals surface area contributed by atoms with Gasteiger partial charge in [0, 0.05) is 24.7 Å². The van der Waals surface area contributed by atoms with E-state index in [2.05, 4.69) is 22.2 Å². The molecular weight excluding hydrogens is 232 g/mol. The van der Waals surface area contributed by atoms with Crippen molar-refractivity contribution in [3.63, 3.8) is 0 Å². The van der Waals surface area contributed by atoms with E-state index in [1.54, 1.807) is 6.20 Å². The van der Waals surface area contributed by atoms with Crippen molar-refractivity contribution < 1.29 is 9.59 Å². The second-order valence-corrected chi connectivity index (χ2v) is 4.26. The average Bonchev–Trinajstić information content (AvgIpc) is 2.81. The van der Waals surface area contributed by atoms with Crippen molar-refractivity contribution in [1.82, 2.24) is 15.3 Å². The van der Waals surface area contributed by atoms with E-state index in [9.17, 15) is 9.59 Å². The van der Waals surface area contributed by atoms with Crippen LogP contribution < -0.4 is 11.1 Å².